The molecule has 0 spiro atoms. The van der Waals surface area contributed by atoms with Crippen LogP contribution in [0.5, 0.6) is 0 Å². The third kappa shape index (κ3) is 14.6. The molecule has 0 aromatic heterocycles. The van der Waals surface area contributed by atoms with Gasteiger partial charge < -0.3 is 39.4 Å². The molecule has 0 bridgehead atoms. The predicted molar refractivity (Wildman–Crippen MR) is 320 cm³/mol. The number of rotatable bonds is 19. The predicted octanol–water partition coefficient (Wildman–Crippen LogP) is 10.1. The van der Waals surface area contributed by atoms with Gasteiger partial charge in [0.1, 0.15) is 0 Å². The van der Waals surface area contributed by atoms with Gasteiger partial charge in [-0.05, 0) is 198 Å². The summed E-state index contributed by atoms with van der Waals surface area (Å²) in [7, 11) is -2.02. The van der Waals surface area contributed by atoms with E-state index >= 15 is 0 Å². The summed E-state index contributed by atoms with van der Waals surface area (Å²) in [6.45, 7) is 27.8. The fraction of sp³-hybridized carbons (Fsp3) is 0.281. The van der Waals surface area contributed by atoms with Gasteiger partial charge in [-0.2, -0.15) is 0 Å². The molecule has 0 fully saturated rings. The maximum atomic E-state index is 8.89. The quantitative estimate of drug-likeness (QED) is 0.0584. The van der Waals surface area contributed by atoms with E-state index in [-0.39, 0.29) is 19.5 Å². The van der Waals surface area contributed by atoms with Crippen molar-refractivity contribution in [3.8, 4) is 11.1 Å². The van der Waals surface area contributed by atoms with E-state index in [4.69, 9.17) is 19.8 Å². The molecular weight excluding hydrogens is 1050 g/mol. The molecule has 11 heteroatoms. The second-order valence-electron chi connectivity index (χ2n) is 17.8. The fourth-order valence-corrected chi connectivity index (χ4v) is 14.7. The van der Waals surface area contributed by atoms with E-state index < -0.39 is 27.8 Å². The Morgan fingerprint density at radius 2 is 0.560 bits per heavy atom. The van der Waals surface area contributed by atoms with E-state index in [0.29, 0.717) is 0 Å². The van der Waals surface area contributed by atoms with E-state index in [9.17, 15) is 0 Å². The van der Waals surface area contributed by atoms with Gasteiger partial charge in [0.2, 0.25) is 0 Å². The Labute approximate surface area is 462 Å². The number of fused-ring (bicyclic) bond motifs is 2. The normalized spacial score (nSPS) is 10.8. The van der Waals surface area contributed by atoms with Gasteiger partial charge in [0.15, 0.2) is 0 Å². The molecule has 0 heterocycles. The van der Waals surface area contributed by atoms with Gasteiger partial charge in [-0.3, -0.25) is 0 Å². The number of nitrogens with zero attached hydrogens (tertiary/aromatic N) is 4. The minimum absolute atomic E-state index is 0. The summed E-state index contributed by atoms with van der Waals surface area (Å²) in [5.74, 6) is -2.17. The SMILES string of the molecule is CC(=O)[O-].CC(=O)[O-].CCN(CC)c1ccc(P(c2ccc(N(CC)CC)cc2)c2ccc3ccccc3c2-c2c(P(c3ccc(N(CC)CC)cc3)c3ccc(N(CC)CC)cc3)ccc3ccccc23)cc1.[Ru+2]. The first-order valence-electron chi connectivity index (χ1n) is 26.3. The van der Waals surface area contributed by atoms with Crippen LogP contribution in [0.3, 0.4) is 0 Å². The second-order valence-corrected chi connectivity index (χ2v) is 22.1. The molecule has 392 valence electrons. The summed E-state index contributed by atoms with van der Waals surface area (Å²) in [5, 5.41) is 31.1. The number of hydrogen-bond acceptors (Lipinski definition) is 8. The number of carbonyl (C=O) groups excluding carboxylic acids is 2. The molecule has 0 aliphatic rings. The first-order valence-corrected chi connectivity index (χ1v) is 28.9. The van der Waals surface area contributed by atoms with Crippen LogP contribution in [-0.4, -0.2) is 64.3 Å². The Morgan fingerprint density at radius 3 is 0.773 bits per heavy atom. The van der Waals surface area contributed by atoms with Crippen LogP contribution in [0.15, 0.2) is 170 Å². The molecule has 0 saturated heterocycles. The van der Waals surface area contributed by atoms with E-state index in [1.165, 1.54) is 87.2 Å². The number of carboxylic acids is 2. The Bertz CT molecular complexity index is 2720. The molecule has 8 nitrogen and oxygen atoms in total. The molecule has 0 N–H and O–H groups in total. The van der Waals surface area contributed by atoms with Crippen molar-refractivity contribution in [3.63, 3.8) is 0 Å². The van der Waals surface area contributed by atoms with Crippen LogP contribution in [0, 0.1) is 0 Å². The molecule has 75 heavy (non-hydrogen) atoms. The number of aliphatic carboxylic acids is 2. The maximum absolute atomic E-state index is 8.89. The molecule has 8 aromatic rings. The van der Waals surface area contributed by atoms with Crippen molar-refractivity contribution in [1.82, 2.24) is 0 Å². The summed E-state index contributed by atoms with van der Waals surface area (Å²) < 4.78 is 0. The molecule has 0 radical (unpaired) electrons. The van der Waals surface area contributed by atoms with Crippen LogP contribution in [0.2, 0.25) is 0 Å². The minimum atomic E-state index is -1.08. The topological polar surface area (TPSA) is 93.2 Å². The smallest absolute Gasteiger partial charge is 0.550 e. The average molecular weight is 1130 g/mol. The Kier molecular flexibility index (Phi) is 23.3. The maximum Gasteiger partial charge on any atom is 2.00 e. The minimum Gasteiger partial charge on any atom is -0.550 e. The third-order valence-corrected chi connectivity index (χ3v) is 18.5. The zero-order valence-electron chi connectivity index (χ0n) is 45.5. The van der Waals surface area contributed by atoms with Gasteiger partial charge >= 0.3 is 19.5 Å². The Hall–Kier alpha value is -6.10. The molecular formula is C64H74N4O4P2Ru. The van der Waals surface area contributed by atoms with Gasteiger partial charge in [-0.15, -0.1) is 0 Å². The van der Waals surface area contributed by atoms with Crippen LogP contribution in [0.1, 0.15) is 69.2 Å². The van der Waals surface area contributed by atoms with Gasteiger partial charge in [-0.25, -0.2) is 0 Å². The summed E-state index contributed by atoms with van der Waals surface area (Å²) >= 11 is 0. The third-order valence-electron chi connectivity index (χ3n) is 13.5. The fourth-order valence-electron chi connectivity index (χ4n) is 9.88. The van der Waals surface area contributed by atoms with Crippen LogP contribution in [-0.2, 0) is 29.1 Å². The summed E-state index contributed by atoms with van der Waals surface area (Å²) in [4.78, 5) is 27.6. The van der Waals surface area contributed by atoms with Crippen molar-refractivity contribution >= 4 is 104 Å². The molecule has 0 aliphatic heterocycles. The summed E-state index contributed by atoms with van der Waals surface area (Å²) in [6, 6.07) is 66.1. The zero-order chi connectivity index (χ0) is 53.3. The molecule has 0 atom stereocenters. The standard InChI is InChI=1S/C60H68N4P2.2C2H4O2.Ru/c1-9-61(10-2)47-27-35-51(36-28-47)65(52-37-29-48(30-38-52)62(11-3)12-4)57-43-25-45-21-17-19-23-55(45)59(57)60-56-24-20-18-22-46(56)26-44-58(60)66(53-39-31-49(32-40-53)63(13-5)14-6)54-41-33-50(34-42-54)64(15-7)16-8;2*1-2(3)4;/h17-44H,9-16H2,1-8H3;2*1H3,(H,3,4);/q;;;+2/p-2. The number of anilines is 4. The molecule has 0 unspecified atom stereocenters. The molecule has 8 aromatic carbocycles. The second kappa shape index (κ2) is 29.3. The number of carbonyl (C=O) groups is 2. The van der Waals surface area contributed by atoms with Crippen molar-refractivity contribution in [2.75, 3.05) is 72.0 Å². The van der Waals surface area contributed by atoms with Crippen LogP contribution in [0.4, 0.5) is 22.7 Å². The van der Waals surface area contributed by atoms with E-state index in [2.05, 4.69) is 245 Å². The number of carboxylic acid groups (broad SMARTS) is 2. The van der Waals surface area contributed by atoms with Crippen LogP contribution >= 0.6 is 15.8 Å². The number of benzene rings is 8. The summed E-state index contributed by atoms with van der Waals surface area (Å²) in [6.07, 6.45) is 0. The molecule has 0 saturated carbocycles. The van der Waals surface area contributed by atoms with E-state index in [0.717, 1.165) is 66.2 Å². The number of hydrogen-bond donors (Lipinski definition) is 0. The van der Waals surface area contributed by atoms with Crippen LogP contribution in [0.25, 0.3) is 32.7 Å². The van der Waals surface area contributed by atoms with Crippen molar-refractivity contribution in [3.05, 3.63) is 170 Å². The van der Waals surface area contributed by atoms with Crippen LogP contribution < -0.4 is 61.6 Å². The van der Waals surface area contributed by atoms with Crippen molar-refractivity contribution < 1.29 is 39.3 Å². The molecule has 0 amide bonds. The first kappa shape index (κ1) is 59.8. The van der Waals surface area contributed by atoms with Gasteiger partial charge in [-0.1, -0.05) is 121 Å². The van der Waals surface area contributed by atoms with Gasteiger partial charge in [0.05, 0.1) is 0 Å². The monoisotopic (exact) mass is 1130 g/mol. The van der Waals surface area contributed by atoms with E-state index in [1.807, 2.05) is 0 Å². The zero-order valence-corrected chi connectivity index (χ0v) is 49.0. The summed E-state index contributed by atoms with van der Waals surface area (Å²) in [5.41, 5.74) is 7.79. The van der Waals surface area contributed by atoms with Crippen molar-refractivity contribution in [2.45, 2.75) is 69.2 Å². The molecule has 0 aliphatic carbocycles. The molecule has 8 rings (SSSR count). The van der Waals surface area contributed by atoms with Crippen molar-refractivity contribution in [1.29, 1.82) is 0 Å². The average Bonchev–Trinajstić information content (AvgIpc) is 3.41. The van der Waals surface area contributed by atoms with Gasteiger partial charge in [0.25, 0.3) is 0 Å². The van der Waals surface area contributed by atoms with Crippen molar-refractivity contribution in [2.24, 2.45) is 0 Å². The largest absolute Gasteiger partial charge is 2.00 e. The Morgan fingerprint density at radius 1 is 0.347 bits per heavy atom. The van der Waals surface area contributed by atoms with Gasteiger partial charge in [0, 0.05) is 87.0 Å². The Balaban J connectivity index is 0.00000108. The first-order chi connectivity index (χ1) is 35.9. The van der Waals surface area contributed by atoms with E-state index in [1.54, 1.807) is 0 Å².